The van der Waals surface area contributed by atoms with E-state index in [2.05, 4.69) is 48.3 Å². The summed E-state index contributed by atoms with van der Waals surface area (Å²) < 4.78 is 2.04. The Bertz CT molecular complexity index is 345. The molecule has 1 fully saturated rings. The zero-order valence-corrected chi connectivity index (χ0v) is 11.2. The Hall–Kier alpha value is -0.870. The van der Waals surface area contributed by atoms with Crippen molar-refractivity contribution in [1.29, 1.82) is 0 Å². The second kappa shape index (κ2) is 5.65. The van der Waals surface area contributed by atoms with Gasteiger partial charge in [0.1, 0.15) is 0 Å². The van der Waals surface area contributed by atoms with Crippen molar-refractivity contribution < 1.29 is 0 Å². The zero-order chi connectivity index (χ0) is 12.3. The lowest BCUT2D eigenvalue weighted by Crippen LogP contribution is -2.35. The minimum atomic E-state index is 0.452. The van der Waals surface area contributed by atoms with E-state index in [1.807, 2.05) is 4.68 Å². The van der Waals surface area contributed by atoms with Crippen LogP contribution in [-0.2, 0) is 6.54 Å². The summed E-state index contributed by atoms with van der Waals surface area (Å²) in [6, 6.07) is 3.18. The highest BCUT2D eigenvalue weighted by Gasteiger charge is 2.15. The van der Waals surface area contributed by atoms with Crippen molar-refractivity contribution in [2.24, 2.45) is 0 Å². The second-order valence-corrected chi connectivity index (χ2v) is 5.32. The largest absolute Gasteiger partial charge is 0.313 e. The van der Waals surface area contributed by atoms with Crippen LogP contribution in [0.25, 0.3) is 0 Å². The van der Waals surface area contributed by atoms with E-state index in [-0.39, 0.29) is 0 Å². The molecule has 96 valence electrons. The van der Waals surface area contributed by atoms with Crippen LogP contribution in [0.3, 0.4) is 0 Å². The van der Waals surface area contributed by atoms with Crippen LogP contribution >= 0.6 is 0 Å². The van der Waals surface area contributed by atoms with Crippen LogP contribution in [0.2, 0.25) is 0 Å². The molecular formula is C13H24N4. The van der Waals surface area contributed by atoms with Crippen LogP contribution in [0.5, 0.6) is 0 Å². The lowest BCUT2D eigenvalue weighted by Gasteiger charge is -2.21. The molecule has 0 aliphatic carbocycles. The molecule has 1 atom stereocenters. The second-order valence-electron chi connectivity index (χ2n) is 5.32. The van der Waals surface area contributed by atoms with Crippen LogP contribution in [0.15, 0.2) is 12.3 Å². The minimum Gasteiger partial charge on any atom is -0.313 e. The summed E-state index contributed by atoms with van der Waals surface area (Å²) in [6.07, 6.45) is 3.31. The molecule has 0 saturated carbocycles. The standard InChI is InChI=1S/C13H24N4/c1-11(2)17-8-5-13(15-17)10-16-7-4-6-14-12(3)9-16/h5,8,11-12,14H,4,6-7,9-10H2,1-3H3. The average molecular weight is 236 g/mol. The number of nitrogens with zero attached hydrogens (tertiary/aromatic N) is 3. The summed E-state index contributed by atoms with van der Waals surface area (Å²) in [4.78, 5) is 2.50. The molecule has 0 spiro atoms. The molecule has 1 aliphatic rings. The third-order valence-corrected chi connectivity index (χ3v) is 3.25. The minimum absolute atomic E-state index is 0.452. The molecule has 0 bridgehead atoms. The average Bonchev–Trinajstić information content (AvgIpc) is 2.63. The Labute approximate surface area is 104 Å². The highest BCUT2D eigenvalue weighted by Crippen LogP contribution is 2.09. The third-order valence-electron chi connectivity index (χ3n) is 3.25. The highest BCUT2D eigenvalue weighted by molar-refractivity contribution is 4.99. The van der Waals surface area contributed by atoms with E-state index >= 15 is 0 Å². The lowest BCUT2D eigenvalue weighted by molar-refractivity contribution is 0.260. The Kier molecular flexibility index (Phi) is 4.18. The summed E-state index contributed by atoms with van der Waals surface area (Å²) in [7, 11) is 0. The molecule has 4 nitrogen and oxygen atoms in total. The summed E-state index contributed by atoms with van der Waals surface area (Å²) in [5.74, 6) is 0. The van der Waals surface area contributed by atoms with Crippen molar-refractivity contribution in [2.45, 2.75) is 45.8 Å². The maximum Gasteiger partial charge on any atom is 0.0764 e. The van der Waals surface area contributed by atoms with Gasteiger partial charge in [-0.2, -0.15) is 5.10 Å². The molecule has 1 aliphatic heterocycles. The van der Waals surface area contributed by atoms with E-state index in [1.54, 1.807) is 0 Å². The predicted octanol–water partition coefficient (Wildman–Crippen LogP) is 1.65. The van der Waals surface area contributed by atoms with E-state index in [0.717, 1.165) is 19.6 Å². The first-order valence-corrected chi connectivity index (χ1v) is 6.65. The van der Waals surface area contributed by atoms with Gasteiger partial charge in [-0.05, 0) is 46.3 Å². The Morgan fingerprint density at radius 1 is 1.53 bits per heavy atom. The first kappa shape index (κ1) is 12.6. The van der Waals surface area contributed by atoms with E-state index in [4.69, 9.17) is 0 Å². The van der Waals surface area contributed by atoms with Crippen molar-refractivity contribution in [1.82, 2.24) is 20.0 Å². The highest BCUT2D eigenvalue weighted by atomic mass is 15.3. The maximum absolute atomic E-state index is 4.61. The van der Waals surface area contributed by atoms with Gasteiger partial charge in [-0.25, -0.2) is 0 Å². The molecule has 2 rings (SSSR count). The molecule has 0 aromatic carbocycles. The molecule has 0 amide bonds. The molecule has 1 saturated heterocycles. The van der Waals surface area contributed by atoms with Crippen LogP contribution in [0, 0.1) is 0 Å². The molecule has 0 radical (unpaired) electrons. The fourth-order valence-electron chi connectivity index (χ4n) is 2.32. The molecule has 1 unspecified atom stereocenters. The van der Waals surface area contributed by atoms with Gasteiger partial charge in [-0.3, -0.25) is 9.58 Å². The maximum atomic E-state index is 4.61. The van der Waals surface area contributed by atoms with Gasteiger partial charge in [0, 0.05) is 31.4 Å². The van der Waals surface area contributed by atoms with Crippen LogP contribution < -0.4 is 5.32 Å². The van der Waals surface area contributed by atoms with Crippen LogP contribution in [0.1, 0.15) is 38.9 Å². The monoisotopic (exact) mass is 236 g/mol. The Morgan fingerprint density at radius 2 is 2.35 bits per heavy atom. The van der Waals surface area contributed by atoms with Gasteiger partial charge < -0.3 is 5.32 Å². The SMILES string of the molecule is CC1CN(Cc2ccn(C(C)C)n2)CCCN1. The van der Waals surface area contributed by atoms with Gasteiger partial charge in [-0.1, -0.05) is 0 Å². The quantitative estimate of drug-likeness (QED) is 0.866. The van der Waals surface area contributed by atoms with E-state index < -0.39 is 0 Å². The van der Waals surface area contributed by atoms with E-state index in [1.165, 1.54) is 18.7 Å². The summed E-state index contributed by atoms with van der Waals surface area (Å²) in [6.45, 7) is 11.0. The number of rotatable bonds is 3. The molecule has 17 heavy (non-hydrogen) atoms. The Morgan fingerprint density at radius 3 is 3.06 bits per heavy atom. The topological polar surface area (TPSA) is 33.1 Å². The van der Waals surface area contributed by atoms with E-state index in [0.29, 0.717) is 12.1 Å². The van der Waals surface area contributed by atoms with E-state index in [9.17, 15) is 0 Å². The van der Waals surface area contributed by atoms with Gasteiger partial charge in [-0.15, -0.1) is 0 Å². The van der Waals surface area contributed by atoms with Crippen LogP contribution in [0.4, 0.5) is 0 Å². The van der Waals surface area contributed by atoms with Gasteiger partial charge >= 0.3 is 0 Å². The molecule has 2 heterocycles. The zero-order valence-electron chi connectivity index (χ0n) is 11.2. The molecule has 4 heteroatoms. The molecule has 1 N–H and O–H groups in total. The molecule has 1 aromatic heterocycles. The van der Waals surface area contributed by atoms with Crippen molar-refractivity contribution in [3.63, 3.8) is 0 Å². The van der Waals surface area contributed by atoms with Gasteiger partial charge in [0.25, 0.3) is 0 Å². The summed E-state index contributed by atoms with van der Waals surface area (Å²) in [5, 5.41) is 8.13. The number of hydrogen-bond donors (Lipinski definition) is 1. The van der Waals surface area contributed by atoms with Gasteiger partial charge in [0.2, 0.25) is 0 Å². The molecule has 1 aromatic rings. The van der Waals surface area contributed by atoms with Gasteiger partial charge in [0.05, 0.1) is 5.69 Å². The number of aromatic nitrogens is 2. The number of nitrogens with one attached hydrogen (secondary N) is 1. The smallest absolute Gasteiger partial charge is 0.0764 e. The fourth-order valence-corrected chi connectivity index (χ4v) is 2.32. The van der Waals surface area contributed by atoms with Crippen molar-refractivity contribution >= 4 is 0 Å². The summed E-state index contributed by atoms with van der Waals surface area (Å²) in [5.41, 5.74) is 1.19. The summed E-state index contributed by atoms with van der Waals surface area (Å²) >= 11 is 0. The van der Waals surface area contributed by atoms with Crippen molar-refractivity contribution in [3.8, 4) is 0 Å². The van der Waals surface area contributed by atoms with Crippen molar-refractivity contribution in [2.75, 3.05) is 19.6 Å². The Balaban J connectivity index is 1.94. The van der Waals surface area contributed by atoms with Crippen LogP contribution in [-0.4, -0.2) is 40.4 Å². The van der Waals surface area contributed by atoms with Crippen molar-refractivity contribution in [3.05, 3.63) is 18.0 Å². The third kappa shape index (κ3) is 3.54. The molecular weight excluding hydrogens is 212 g/mol. The first-order chi connectivity index (χ1) is 8.15. The normalized spacial score (nSPS) is 22.9. The van der Waals surface area contributed by atoms with Gasteiger partial charge in [0.15, 0.2) is 0 Å². The fraction of sp³-hybridized carbons (Fsp3) is 0.769. The lowest BCUT2D eigenvalue weighted by atomic mass is 10.3. The predicted molar refractivity (Wildman–Crippen MR) is 70.0 cm³/mol. The first-order valence-electron chi connectivity index (χ1n) is 6.65. The number of hydrogen-bond acceptors (Lipinski definition) is 3.